The van der Waals surface area contributed by atoms with Crippen molar-refractivity contribution in [2.24, 2.45) is 0 Å². The Morgan fingerprint density at radius 3 is 2.52 bits per heavy atom. The molecule has 0 aliphatic heterocycles. The summed E-state index contributed by atoms with van der Waals surface area (Å²) in [5.41, 5.74) is 2.44. The van der Waals surface area contributed by atoms with Gasteiger partial charge in [-0.25, -0.2) is 4.79 Å². The highest BCUT2D eigenvalue weighted by atomic mass is 35.5. The lowest BCUT2D eigenvalue weighted by Gasteiger charge is -2.14. The van der Waals surface area contributed by atoms with Gasteiger partial charge in [0.1, 0.15) is 23.4 Å². The Kier molecular flexibility index (Phi) is 4.67. The predicted molar refractivity (Wildman–Crippen MR) is 91.6 cm³/mol. The van der Waals surface area contributed by atoms with Crippen molar-refractivity contribution in [2.45, 2.75) is 13.8 Å². The highest BCUT2D eigenvalue weighted by Crippen LogP contribution is 2.31. The van der Waals surface area contributed by atoms with Crippen LogP contribution >= 0.6 is 11.6 Å². The van der Waals surface area contributed by atoms with Crippen molar-refractivity contribution >= 4 is 17.6 Å². The molecule has 0 aliphatic rings. The SMILES string of the molecule is COc1cc(-n2cnnn2)c(Cl)cc1C(=O)Oc1c(C)cccc1C. The predicted octanol–water partition coefficient (Wildman–Crippen LogP) is 3.16. The second kappa shape index (κ2) is 6.90. The Hall–Kier alpha value is -2.93. The number of ether oxygens (including phenoxy) is 2. The Balaban J connectivity index is 1.99. The number of aryl methyl sites for hydroxylation is 2. The van der Waals surface area contributed by atoms with Crippen molar-refractivity contribution < 1.29 is 14.3 Å². The van der Waals surface area contributed by atoms with E-state index in [1.807, 2.05) is 32.0 Å². The smallest absolute Gasteiger partial charge is 0.347 e. The van der Waals surface area contributed by atoms with Crippen molar-refractivity contribution in [1.29, 1.82) is 0 Å². The third-order valence-corrected chi connectivity index (χ3v) is 3.99. The number of carbonyl (C=O) groups is 1. The molecule has 0 atom stereocenters. The second-order valence-corrected chi connectivity index (χ2v) is 5.78. The van der Waals surface area contributed by atoms with Crippen LogP contribution in [0.3, 0.4) is 0 Å². The van der Waals surface area contributed by atoms with Gasteiger partial charge in [0.2, 0.25) is 0 Å². The van der Waals surface area contributed by atoms with Crippen LogP contribution in [0.1, 0.15) is 21.5 Å². The Bertz CT molecular complexity index is 906. The number of nitrogens with zero attached hydrogens (tertiary/aromatic N) is 4. The molecule has 3 rings (SSSR count). The van der Waals surface area contributed by atoms with Gasteiger partial charge in [0.15, 0.2) is 0 Å². The maximum absolute atomic E-state index is 12.6. The Morgan fingerprint density at radius 2 is 1.92 bits per heavy atom. The molecule has 0 aliphatic carbocycles. The van der Waals surface area contributed by atoms with Gasteiger partial charge in [-0.3, -0.25) is 0 Å². The molecule has 1 aromatic heterocycles. The molecule has 0 amide bonds. The van der Waals surface area contributed by atoms with E-state index >= 15 is 0 Å². The van der Waals surface area contributed by atoms with Crippen LogP contribution in [0.5, 0.6) is 11.5 Å². The van der Waals surface area contributed by atoms with Crippen LogP contribution < -0.4 is 9.47 Å². The van der Waals surface area contributed by atoms with Gasteiger partial charge in [-0.2, -0.15) is 4.68 Å². The molecule has 0 unspecified atom stereocenters. The zero-order valence-electron chi connectivity index (χ0n) is 13.9. The summed E-state index contributed by atoms with van der Waals surface area (Å²) in [7, 11) is 1.46. The third kappa shape index (κ3) is 3.32. The number of tetrazole rings is 1. The highest BCUT2D eigenvalue weighted by Gasteiger charge is 2.20. The van der Waals surface area contributed by atoms with E-state index in [4.69, 9.17) is 21.1 Å². The fourth-order valence-corrected chi connectivity index (χ4v) is 2.68. The molecule has 0 N–H and O–H groups in total. The third-order valence-electron chi connectivity index (χ3n) is 3.69. The van der Waals surface area contributed by atoms with Gasteiger partial charge in [0.25, 0.3) is 0 Å². The summed E-state index contributed by atoms with van der Waals surface area (Å²) in [4.78, 5) is 12.6. The molecule has 0 fully saturated rings. The standard InChI is InChI=1S/C17H15ClN4O3/c1-10-5-4-6-11(2)16(10)25-17(23)12-7-13(18)14(8-15(12)24-3)22-9-19-20-21-22/h4-9H,1-3H3. The molecule has 0 saturated carbocycles. The van der Waals surface area contributed by atoms with Crippen LogP contribution in [0, 0.1) is 13.8 Å². The lowest BCUT2D eigenvalue weighted by Crippen LogP contribution is -2.12. The minimum atomic E-state index is -0.556. The fraction of sp³-hybridized carbons (Fsp3) is 0.176. The first-order valence-corrected chi connectivity index (χ1v) is 7.78. The largest absolute Gasteiger partial charge is 0.496 e. The minimum absolute atomic E-state index is 0.215. The normalized spacial score (nSPS) is 10.6. The van der Waals surface area contributed by atoms with Gasteiger partial charge in [0, 0.05) is 6.07 Å². The first-order valence-electron chi connectivity index (χ1n) is 7.40. The molecule has 128 valence electrons. The number of hydrogen-bond acceptors (Lipinski definition) is 6. The summed E-state index contributed by atoms with van der Waals surface area (Å²) in [5, 5.41) is 11.2. The molecule has 3 aromatic rings. The molecular formula is C17H15ClN4O3. The van der Waals surface area contributed by atoms with Crippen LogP contribution in [-0.2, 0) is 0 Å². The lowest BCUT2D eigenvalue weighted by atomic mass is 10.1. The molecule has 0 saturated heterocycles. The van der Waals surface area contributed by atoms with Gasteiger partial charge in [-0.1, -0.05) is 29.8 Å². The van der Waals surface area contributed by atoms with E-state index in [0.29, 0.717) is 22.2 Å². The average Bonchev–Trinajstić information content (AvgIpc) is 3.12. The zero-order valence-corrected chi connectivity index (χ0v) is 14.6. The minimum Gasteiger partial charge on any atom is -0.496 e. The summed E-state index contributed by atoms with van der Waals surface area (Å²) in [6.07, 6.45) is 1.40. The maximum Gasteiger partial charge on any atom is 0.347 e. The number of rotatable bonds is 4. The van der Waals surface area contributed by atoms with Crippen molar-refractivity contribution in [3.63, 3.8) is 0 Å². The molecular weight excluding hydrogens is 344 g/mol. The Morgan fingerprint density at radius 1 is 1.20 bits per heavy atom. The second-order valence-electron chi connectivity index (χ2n) is 5.37. The van der Waals surface area contributed by atoms with Gasteiger partial charge in [0.05, 0.1) is 17.8 Å². The van der Waals surface area contributed by atoms with E-state index in [2.05, 4.69) is 15.5 Å². The van der Waals surface area contributed by atoms with Crippen molar-refractivity contribution in [1.82, 2.24) is 20.2 Å². The quantitative estimate of drug-likeness (QED) is 0.526. The van der Waals surface area contributed by atoms with E-state index in [9.17, 15) is 4.79 Å². The molecule has 25 heavy (non-hydrogen) atoms. The number of para-hydroxylation sites is 1. The number of hydrogen-bond donors (Lipinski definition) is 0. The van der Waals surface area contributed by atoms with Crippen molar-refractivity contribution in [3.8, 4) is 17.2 Å². The van der Waals surface area contributed by atoms with E-state index in [-0.39, 0.29) is 5.56 Å². The van der Waals surface area contributed by atoms with E-state index in [1.54, 1.807) is 6.07 Å². The fourth-order valence-electron chi connectivity index (χ4n) is 2.43. The zero-order chi connectivity index (χ0) is 18.0. The summed E-state index contributed by atoms with van der Waals surface area (Å²) >= 11 is 6.28. The number of esters is 1. The summed E-state index contributed by atoms with van der Waals surface area (Å²) in [5.74, 6) is 0.279. The molecule has 8 heteroatoms. The molecule has 0 radical (unpaired) electrons. The Labute approximate surface area is 149 Å². The summed E-state index contributed by atoms with van der Waals surface area (Å²) in [6.45, 7) is 3.75. The average molecular weight is 359 g/mol. The molecule has 0 spiro atoms. The topological polar surface area (TPSA) is 79.1 Å². The first kappa shape index (κ1) is 16.9. The summed E-state index contributed by atoms with van der Waals surface area (Å²) < 4.78 is 12.3. The van der Waals surface area contributed by atoms with Gasteiger partial charge < -0.3 is 9.47 Å². The maximum atomic E-state index is 12.6. The summed E-state index contributed by atoms with van der Waals surface area (Å²) in [6, 6.07) is 8.72. The number of carbonyl (C=O) groups excluding carboxylic acids is 1. The number of aromatic nitrogens is 4. The molecule has 7 nitrogen and oxygen atoms in total. The van der Waals surface area contributed by atoms with Crippen LogP contribution in [0.2, 0.25) is 5.02 Å². The molecule has 0 bridgehead atoms. The van der Waals surface area contributed by atoms with Gasteiger partial charge >= 0.3 is 5.97 Å². The van der Waals surface area contributed by atoms with Crippen LogP contribution in [0.15, 0.2) is 36.7 Å². The van der Waals surface area contributed by atoms with Crippen molar-refractivity contribution in [2.75, 3.05) is 7.11 Å². The first-order chi connectivity index (χ1) is 12.0. The van der Waals surface area contributed by atoms with Crippen LogP contribution in [-0.4, -0.2) is 33.3 Å². The van der Waals surface area contributed by atoms with Gasteiger partial charge in [-0.05, 0) is 41.5 Å². The van der Waals surface area contributed by atoms with Crippen molar-refractivity contribution in [3.05, 3.63) is 58.4 Å². The van der Waals surface area contributed by atoms with Gasteiger partial charge in [-0.15, -0.1) is 5.10 Å². The van der Waals surface area contributed by atoms with E-state index in [1.165, 1.54) is 24.2 Å². The highest BCUT2D eigenvalue weighted by molar-refractivity contribution is 6.32. The van der Waals surface area contributed by atoms with E-state index < -0.39 is 5.97 Å². The number of benzene rings is 2. The molecule has 1 heterocycles. The monoisotopic (exact) mass is 358 g/mol. The van der Waals surface area contributed by atoms with E-state index in [0.717, 1.165) is 11.1 Å². The molecule has 2 aromatic carbocycles. The number of halogens is 1. The number of methoxy groups -OCH3 is 1. The van der Waals surface area contributed by atoms with Crippen LogP contribution in [0.4, 0.5) is 0 Å². The van der Waals surface area contributed by atoms with Crippen LogP contribution in [0.25, 0.3) is 5.69 Å². The lowest BCUT2D eigenvalue weighted by molar-refractivity contribution is 0.0729.